The number of benzene rings is 3. The van der Waals surface area contributed by atoms with Crippen molar-refractivity contribution in [3.8, 4) is 22.8 Å². The van der Waals surface area contributed by atoms with Crippen molar-refractivity contribution >= 4 is 34.6 Å². The van der Waals surface area contributed by atoms with Gasteiger partial charge in [-0.2, -0.15) is 4.99 Å². The highest BCUT2D eigenvalue weighted by atomic mass is 32.2. The molecule has 1 fully saturated rings. The van der Waals surface area contributed by atoms with E-state index in [4.69, 9.17) is 0 Å². The van der Waals surface area contributed by atoms with Crippen LogP contribution in [-0.4, -0.2) is 50.0 Å². The van der Waals surface area contributed by atoms with Gasteiger partial charge in [0, 0.05) is 11.6 Å². The molecule has 2 heterocycles. The first-order chi connectivity index (χ1) is 22.4. The predicted octanol–water partition coefficient (Wildman–Crippen LogP) is 7.82. The lowest BCUT2D eigenvalue weighted by Gasteiger charge is -2.22. The summed E-state index contributed by atoms with van der Waals surface area (Å²) in [5.74, 6) is 0.497. The number of amidine groups is 1. The molecule has 0 bridgehead atoms. The zero-order chi connectivity index (χ0) is 33.7. The number of hydrogen-bond acceptors (Lipinski definition) is 6. The van der Waals surface area contributed by atoms with Crippen molar-refractivity contribution in [3.63, 3.8) is 0 Å². The highest BCUT2D eigenvalue weighted by Crippen LogP contribution is 2.34. The predicted molar refractivity (Wildman–Crippen MR) is 177 cm³/mol. The normalized spacial score (nSPS) is 15.0. The molecule has 3 aromatic carbocycles. The second-order valence-electron chi connectivity index (χ2n) is 11.6. The smallest absolute Gasteiger partial charge is 0.406 e. The van der Waals surface area contributed by atoms with Crippen LogP contribution in [0.25, 0.3) is 17.1 Å². The molecule has 1 N–H and O–H groups in total. The molecule has 0 saturated carbocycles. The Morgan fingerprint density at radius 2 is 1.85 bits per heavy atom. The average molecular weight is 665 g/mol. The van der Waals surface area contributed by atoms with Gasteiger partial charge in [0.25, 0.3) is 0 Å². The first-order valence-corrected chi connectivity index (χ1v) is 16.2. The van der Waals surface area contributed by atoms with E-state index in [1.54, 1.807) is 4.90 Å². The van der Waals surface area contributed by atoms with Crippen LogP contribution in [0.2, 0.25) is 0 Å². The minimum Gasteiger partial charge on any atom is -0.406 e. The topological polar surface area (TPSA) is 102 Å². The Kier molecular flexibility index (Phi) is 10.3. The summed E-state index contributed by atoms with van der Waals surface area (Å²) in [6.07, 6.45) is -0.983. The fraction of sp³-hybridized carbons (Fsp3) is 0.324. The number of aliphatic imine (C=N–C) groups is 1. The van der Waals surface area contributed by atoms with Crippen LogP contribution in [0.1, 0.15) is 56.2 Å². The molecule has 246 valence electrons. The molecular weight excluding hydrogens is 629 g/mol. The Morgan fingerprint density at radius 3 is 2.57 bits per heavy atom. The quantitative estimate of drug-likeness (QED) is 0.186. The van der Waals surface area contributed by atoms with E-state index in [0.717, 1.165) is 40.8 Å². The summed E-state index contributed by atoms with van der Waals surface area (Å²) >= 11 is 1.26. The number of aryl methyl sites for hydroxylation is 2. The zero-order valence-corrected chi connectivity index (χ0v) is 27.2. The third kappa shape index (κ3) is 8.79. The Balaban J connectivity index is 1.15. The Hall–Kier alpha value is -4.65. The molecule has 1 aliphatic rings. The van der Waals surface area contributed by atoms with Crippen molar-refractivity contribution in [2.45, 2.75) is 65.3 Å². The molecule has 4 aromatic rings. The van der Waals surface area contributed by atoms with Gasteiger partial charge in [0.2, 0.25) is 5.91 Å². The number of carbonyl (C=O) groups excluding carboxylic acids is 2. The monoisotopic (exact) mass is 664 g/mol. The zero-order valence-electron chi connectivity index (χ0n) is 26.4. The fourth-order valence-electron chi connectivity index (χ4n) is 5.22. The maximum absolute atomic E-state index is 12.9. The number of aromatic nitrogens is 3. The summed E-state index contributed by atoms with van der Waals surface area (Å²) in [4.78, 5) is 35.9. The van der Waals surface area contributed by atoms with Gasteiger partial charge in [0.05, 0.1) is 17.1 Å². The van der Waals surface area contributed by atoms with Crippen LogP contribution in [0.3, 0.4) is 0 Å². The van der Waals surface area contributed by atoms with E-state index in [-0.39, 0.29) is 29.4 Å². The maximum Gasteiger partial charge on any atom is 0.573 e. The van der Waals surface area contributed by atoms with Gasteiger partial charge in [0.15, 0.2) is 11.0 Å². The summed E-state index contributed by atoms with van der Waals surface area (Å²) in [6.45, 7) is 8.04. The van der Waals surface area contributed by atoms with Crippen molar-refractivity contribution in [1.82, 2.24) is 20.1 Å². The molecule has 9 nitrogen and oxygen atoms in total. The molecule has 1 saturated heterocycles. The van der Waals surface area contributed by atoms with Gasteiger partial charge < -0.3 is 10.1 Å². The summed E-state index contributed by atoms with van der Waals surface area (Å²) in [6, 6.07) is 18.6. The van der Waals surface area contributed by atoms with Crippen molar-refractivity contribution in [2.75, 3.05) is 10.7 Å². The van der Waals surface area contributed by atoms with E-state index < -0.39 is 12.4 Å². The fourth-order valence-corrected chi connectivity index (χ4v) is 6.08. The van der Waals surface area contributed by atoms with Crippen LogP contribution < -0.4 is 15.0 Å². The molecule has 13 heteroatoms. The Morgan fingerprint density at radius 1 is 1.09 bits per heavy atom. The summed E-state index contributed by atoms with van der Waals surface area (Å²) in [5.41, 5.74) is 5.23. The van der Waals surface area contributed by atoms with E-state index in [1.807, 2.05) is 56.3 Å². The molecule has 0 aliphatic carbocycles. The first kappa shape index (κ1) is 33.7. The van der Waals surface area contributed by atoms with Crippen LogP contribution in [-0.2, 0) is 11.2 Å². The Labute approximate surface area is 275 Å². The highest BCUT2D eigenvalue weighted by molar-refractivity contribution is 8.15. The molecule has 0 spiro atoms. The minimum absolute atomic E-state index is 0.0973. The van der Waals surface area contributed by atoms with Crippen LogP contribution in [0.4, 0.5) is 23.7 Å². The Bertz CT molecular complexity index is 1770. The number of halogens is 3. The van der Waals surface area contributed by atoms with E-state index in [9.17, 15) is 22.8 Å². The van der Waals surface area contributed by atoms with Crippen LogP contribution in [0.15, 0.2) is 78.0 Å². The minimum atomic E-state index is -4.76. The van der Waals surface area contributed by atoms with Gasteiger partial charge in [-0.25, -0.2) is 14.5 Å². The van der Waals surface area contributed by atoms with E-state index in [0.29, 0.717) is 23.1 Å². The van der Waals surface area contributed by atoms with E-state index in [2.05, 4.69) is 39.0 Å². The van der Waals surface area contributed by atoms with Gasteiger partial charge in [-0.15, -0.1) is 18.3 Å². The number of nitrogens with one attached hydrogen (secondary N) is 1. The number of thioether (sulfide) groups is 1. The molecule has 1 aromatic heterocycles. The van der Waals surface area contributed by atoms with Gasteiger partial charge in [-0.1, -0.05) is 55.9 Å². The number of rotatable bonds is 10. The van der Waals surface area contributed by atoms with Crippen LogP contribution in [0, 0.1) is 6.92 Å². The van der Waals surface area contributed by atoms with Crippen molar-refractivity contribution in [1.29, 1.82) is 0 Å². The second-order valence-corrected chi connectivity index (χ2v) is 12.6. The van der Waals surface area contributed by atoms with E-state index >= 15 is 0 Å². The molecule has 47 heavy (non-hydrogen) atoms. The number of amides is 3. The molecule has 0 radical (unpaired) electrons. The average Bonchev–Trinajstić information content (AvgIpc) is 3.64. The summed E-state index contributed by atoms with van der Waals surface area (Å²) < 4.78 is 42.8. The lowest BCUT2D eigenvalue weighted by molar-refractivity contribution is -0.274. The van der Waals surface area contributed by atoms with Crippen LogP contribution >= 0.6 is 11.8 Å². The van der Waals surface area contributed by atoms with Gasteiger partial charge in [-0.05, 0) is 92.1 Å². The number of urea groups is 1. The molecule has 3 amide bonds. The number of ether oxygens (including phenoxy) is 1. The largest absolute Gasteiger partial charge is 0.573 e. The molecular formula is C34H35F3N6O3S. The van der Waals surface area contributed by atoms with Crippen molar-refractivity contribution in [3.05, 3.63) is 89.7 Å². The number of carbonyl (C=O) groups is 2. The molecule has 5 rings (SSSR count). The third-order valence-corrected chi connectivity index (χ3v) is 8.42. The SMILES string of the molecule is Cc1ccc(C(C)C)c(N2C(=O)CSC2=NC(=O)NC(C)CCCc2cccc(-c3ncn(-c4ccc(OC(F)(F)F)cc4)n3)c2)c1. The van der Waals surface area contributed by atoms with Gasteiger partial charge in [0.1, 0.15) is 12.1 Å². The number of anilines is 1. The van der Waals surface area contributed by atoms with Gasteiger partial charge in [-0.3, -0.25) is 9.69 Å². The second kappa shape index (κ2) is 14.4. The van der Waals surface area contributed by atoms with Gasteiger partial charge >= 0.3 is 12.4 Å². The van der Waals surface area contributed by atoms with Crippen molar-refractivity contribution < 1.29 is 27.5 Å². The number of nitrogens with zero attached hydrogens (tertiary/aromatic N) is 5. The lowest BCUT2D eigenvalue weighted by atomic mass is 9.99. The summed E-state index contributed by atoms with van der Waals surface area (Å²) in [7, 11) is 0. The van der Waals surface area contributed by atoms with Crippen molar-refractivity contribution in [2.24, 2.45) is 4.99 Å². The maximum atomic E-state index is 12.9. The summed E-state index contributed by atoms with van der Waals surface area (Å²) in [5, 5.41) is 7.80. The number of hydrogen-bond donors (Lipinski definition) is 1. The number of alkyl halides is 3. The highest BCUT2D eigenvalue weighted by Gasteiger charge is 2.33. The van der Waals surface area contributed by atoms with Crippen LogP contribution in [0.5, 0.6) is 5.75 Å². The first-order valence-electron chi connectivity index (χ1n) is 15.2. The molecule has 1 atom stereocenters. The molecule has 1 aliphatic heterocycles. The lowest BCUT2D eigenvalue weighted by Crippen LogP contribution is -2.34. The van der Waals surface area contributed by atoms with E-state index in [1.165, 1.54) is 47.0 Å². The standard InChI is InChI=1S/C34H35F3N6O3S/c1-21(2)28-16-11-22(3)17-29(28)43-30(44)19-47-33(43)40-32(45)39-23(4)7-5-8-24-9-6-10-25(18-24)31-38-20-42(41-31)26-12-14-27(15-13-26)46-34(35,36)37/h6,9-18,20-21,23H,5,7-8,19H2,1-4H3,(H,39,45). The molecule has 1 unspecified atom stereocenters. The third-order valence-electron chi connectivity index (χ3n) is 7.50.